The first-order valence-corrected chi connectivity index (χ1v) is 5.39. The van der Waals surface area contributed by atoms with Gasteiger partial charge in [-0.2, -0.15) is 13.2 Å². The Hall–Kier alpha value is -1.87. The van der Waals surface area contributed by atoms with E-state index in [4.69, 9.17) is 16.7 Å². The van der Waals surface area contributed by atoms with E-state index >= 15 is 0 Å². The molecule has 20 heavy (non-hydrogen) atoms. The SMILES string of the molecule is CC(O)(C(=O)Nc1ccc([N+](=O)[O-])cc1Cl)C(F)(F)F. The number of nitro benzene ring substituents is 1. The summed E-state index contributed by atoms with van der Waals surface area (Å²) in [5.74, 6) is -1.75. The second-order valence-electron chi connectivity index (χ2n) is 3.95. The fourth-order valence-corrected chi connectivity index (χ4v) is 1.31. The van der Waals surface area contributed by atoms with Crippen LogP contribution in [-0.2, 0) is 4.79 Å². The quantitative estimate of drug-likeness (QED) is 0.662. The molecular formula is C10H8ClF3N2O4. The largest absolute Gasteiger partial charge is 0.426 e. The summed E-state index contributed by atoms with van der Waals surface area (Å²) in [7, 11) is 0. The molecule has 1 unspecified atom stereocenters. The number of hydrogen-bond acceptors (Lipinski definition) is 4. The normalized spacial score (nSPS) is 14.5. The maximum atomic E-state index is 12.4. The number of nitro groups is 1. The molecule has 0 aliphatic heterocycles. The number of nitrogens with zero attached hydrogens (tertiary/aromatic N) is 1. The maximum absolute atomic E-state index is 12.4. The predicted octanol–water partition coefficient (Wildman–Crippen LogP) is 2.50. The molecule has 1 amide bonds. The van der Waals surface area contributed by atoms with Crippen molar-refractivity contribution in [1.82, 2.24) is 0 Å². The lowest BCUT2D eigenvalue weighted by Gasteiger charge is -2.25. The molecular weight excluding hydrogens is 305 g/mol. The first kappa shape index (κ1) is 16.2. The summed E-state index contributed by atoms with van der Waals surface area (Å²) >= 11 is 5.60. The van der Waals surface area contributed by atoms with Gasteiger partial charge < -0.3 is 10.4 Å². The number of rotatable bonds is 3. The molecule has 10 heteroatoms. The molecule has 110 valence electrons. The molecule has 0 fully saturated rings. The Kier molecular flexibility index (Phi) is 4.25. The molecule has 0 saturated carbocycles. The molecule has 0 radical (unpaired) electrons. The summed E-state index contributed by atoms with van der Waals surface area (Å²) < 4.78 is 37.3. The molecule has 0 aromatic heterocycles. The van der Waals surface area contributed by atoms with Gasteiger partial charge in [-0.05, 0) is 13.0 Å². The van der Waals surface area contributed by atoms with E-state index in [1.165, 1.54) is 0 Å². The van der Waals surface area contributed by atoms with Crippen LogP contribution in [0.2, 0.25) is 5.02 Å². The van der Waals surface area contributed by atoms with Gasteiger partial charge in [-0.3, -0.25) is 14.9 Å². The number of anilines is 1. The fourth-order valence-electron chi connectivity index (χ4n) is 1.09. The van der Waals surface area contributed by atoms with Crippen molar-refractivity contribution in [1.29, 1.82) is 0 Å². The summed E-state index contributed by atoms with van der Waals surface area (Å²) in [4.78, 5) is 21.1. The van der Waals surface area contributed by atoms with E-state index in [0.717, 1.165) is 18.2 Å². The van der Waals surface area contributed by atoms with Crippen molar-refractivity contribution in [2.75, 3.05) is 5.32 Å². The fraction of sp³-hybridized carbons (Fsp3) is 0.300. The Morgan fingerprint density at radius 3 is 2.40 bits per heavy atom. The lowest BCUT2D eigenvalue weighted by atomic mass is 10.1. The van der Waals surface area contributed by atoms with Gasteiger partial charge in [0.1, 0.15) is 0 Å². The zero-order valence-corrected chi connectivity index (χ0v) is 10.6. The van der Waals surface area contributed by atoms with Crippen molar-refractivity contribution in [3.05, 3.63) is 33.3 Å². The maximum Gasteiger partial charge on any atom is 0.426 e. The highest BCUT2D eigenvalue weighted by atomic mass is 35.5. The number of non-ortho nitro benzene ring substituents is 1. The van der Waals surface area contributed by atoms with Gasteiger partial charge in [-0.25, -0.2) is 0 Å². The highest BCUT2D eigenvalue weighted by Gasteiger charge is 2.55. The Labute approximate surface area is 115 Å². The van der Waals surface area contributed by atoms with E-state index in [0.29, 0.717) is 0 Å². The van der Waals surface area contributed by atoms with Gasteiger partial charge in [0.25, 0.3) is 11.6 Å². The van der Waals surface area contributed by atoms with Crippen LogP contribution in [0.3, 0.4) is 0 Å². The molecule has 0 saturated heterocycles. The van der Waals surface area contributed by atoms with Gasteiger partial charge in [0, 0.05) is 12.1 Å². The van der Waals surface area contributed by atoms with Crippen LogP contribution in [0.25, 0.3) is 0 Å². The predicted molar refractivity (Wildman–Crippen MR) is 63.4 cm³/mol. The highest BCUT2D eigenvalue weighted by molar-refractivity contribution is 6.34. The van der Waals surface area contributed by atoms with Crippen molar-refractivity contribution in [2.24, 2.45) is 0 Å². The van der Waals surface area contributed by atoms with Gasteiger partial charge in [0.15, 0.2) is 0 Å². The minimum Gasteiger partial charge on any atom is -0.373 e. The standard InChI is InChI=1S/C10H8ClF3N2O4/c1-9(18,10(12,13)14)8(17)15-7-3-2-5(16(19)20)4-6(7)11/h2-4,18H,1H3,(H,15,17). The van der Waals surface area contributed by atoms with Crippen molar-refractivity contribution >= 4 is 28.9 Å². The van der Waals surface area contributed by atoms with Gasteiger partial charge in [-0.1, -0.05) is 11.6 Å². The monoisotopic (exact) mass is 312 g/mol. The first-order valence-electron chi connectivity index (χ1n) is 5.01. The molecule has 0 heterocycles. The number of aliphatic hydroxyl groups is 1. The van der Waals surface area contributed by atoms with Gasteiger partial charge in [0.2, 0.25) is 5.60 Å². The lowest BCUT2D eigenvalue weighted by molar-refractivity contribution is -0.384. The Bertz CT molecular complexity index is 560. The molecule has 0 aliphatic rings. The van der Waals surface area contributed by atoms with Crippen LogP contribution in [0.5, 0.6) is 0 Å². The van der Waals surface area contributed by atoms with Gasteiger partial charge in [-0.15, -0.1) is 0 Å². The van der Waals surface area contributed by atoms with E-state index in [-0.39, 0.29) is 17.6 Å². The smallest absolute Gasteiger partial charge is 0.373 e. The third-order valence-electron chi connectivity index (χ3n) is 2.41. The minimum atomic E-state index is -5.18. The van der Waals surface area contributed by atoms with Crippen molar-refractivity contribution in [3.63, 3.8) is 0 Å². The first-order chi connectivity index (χ1) is 8.96. The van der Waals surface area contributed by atoms with Crippen LogP contribution in [-0.4, -0.2) is 27.7 Å². The summed E-state index contributed by atoms with van der Waals surface area (Å²) in [5.41, 5.74) is -4.29. The van der Waals surface area contributed by atoms with Crippen LogP contribution >= 0.6 is 11.6 Å². The van der Waals surface area contributed by atoms with Crippen molar-refractivity contribution < 1.29 is 28.0 Å². The third kappa shape index (κ3) is 3.17. The molecule has 6 nitrogen and oxygen atoms in total. The van der Waals surface area contributed by atoms with Crippen LogP contribution < -0.4 is 5.32 Å². The summed E-state index contributed by atoms with van der Waals surface area (Å²) in [6.07, 6.45) is -5.18. The number of nitrogens with one attached hydrogen (secondary N) is 1. The number of alkyl halides is 3. The molecule has 0 aliphatic carbocycles. The zero-order chi connectivity index (χ0) is 15.7. The van der Waals surface area contributed by atoms with Crippen molar-refractivity contribution in [2.45, 2.75) is 18.7 Å². The Balaban J connectivity index is 3.00. The van der Waals surface area contributed by atoms with Gasteiger partial charge in [0.05, 0.1) is 15.6 Å². The minimum absolute atomic E-state index is 0.279. The van der Waals surface area contributed by atoms with E-state index < -0.39 is 28.3 Å². The molecule has 0 bridgehead atoms. The third-order valence-corrected chi connectivity index (χ3v) is 2.72. The highest BCUT2D eigenvalue weighted by Crippen LogP contribution is 2.32. The second-order valence-corrected chi connectivity index (χ2v) is 4.35. The molecule has 2 N–H and O–H groups in total. The van der Waals surface area contributed by atoms with E-state index in [1.54, 1.807) is 5.32 Å². The number of carbonyl (C=O) groups excluding carboxylic acids is 1. The lowest BCUT2D eigenvalue weighted by Crippen LogP contribution is -2.52. The van der Waals surface area contributed by atoms with Crippen LogP contribution in [0.1, 0.15) is 6.92 Å². The average Bonchev–Trinajstić information content (AvgIpc) is 2.29. The number of halogens is 4. The van der Waals surface area contributed by atoms with Crippen LogP contribution in [0.4, 0.5) is 24.5 Å². The molecule has 0 spiro atoms. The number of benzene rings is 1. The molecule has 1 aromatic carbocycles. The van der Waals surface area contributed by atoms with Crippen molar-refractivity contribution in [3.8, 4) is 0 Å². The Morgan fingerprint density at radius 2 is 2.00 bits per heavy atom. The summed E-state index contributed by atoms with van der Waals surface area (Å²) in [6, 6.07) is 2.77. The number of hydrogen-bond donors (Lipinski definition) is 2. The van der Waals surface area contributed by atoms with Crippen LogP contribution in [0.15, 0.2) is 18.2 Å². The van der Waals surface area contributed by atoms with E-state index in [2.05, 4.69) is 0 Å². The number of carbonyl (C=O) groups is 1. The zero-order valence-electron chi connectivity index (χ0n) is 9.86. The Morgan fingerprint density at radius 1 is 1.45 bits per heavy atom. The van der Waals surface area contributed by atoms with E-state index in [9.17, 15) is 28.1 Å². The van der Waals surface area contributed by atoms with Gasteiger partial charge >= 0.3 is 6.18 Å². The number of amides is 1. The summed E-state index contributed by atoms with van der Waals surface area (Å²) in [5, 5.41) is 21.0. The summed E-state index contributed by atoms with van der Waals surface area (Å²) in [6.45, 7) is 0.279. The average molecular weight is 313 g/mol. The molecule has 1 aromatic rings. The molecule has 1 atom stereocenters. The van der Waals surface area contributed by atoms with E-state index in [1.807, 2.05) is 0 Å². The molecule has 1 rings (SSSR count). The topological polar surface area (TPSA) is 92.5 Å². The van der Waals surface area contributed by atoms with Crippen LogP contribution in [0, 0.1) is 10.1 Å². The second kappa shape index (κ2) is 5.25.